The van der Waals surface area contributed by atoms with Crippen molar-refractivity contribution in [1.29, 1.82) is 0 Å². The number of nitrogens with one attached hydrogen (secondary N) is 1. The Morgan fingerprint density at radius 3 is 2.61 bits per heavy atom. The maximum absolute atomic E-state index is 12.0. The first-order valence-corrected chi connectivity index (χ1v) is 6.62. The van der Waals surface area contributed by atoms with Crippen LogP contribution in [0.1, 0.15) is 53.4 Å². The highest BCUT2D eigenvalue weighted by Crippen LogP contribution is 2.19. The Morgan fingerprint density at radius 1 is 1.39 bits per heavy atom. The second kappa shape index (κ2) is 6.07. The zero-order valence-corrected chi connectivity index (χ0v) is 11.8. The van der Waals surface area contributed by atoms with Crippen molar-refractivity contribution < 1.29 is 14.3 Å². The smallest absolute Gasteiger partial charge is 0.411 e. The van der Waals surface area contributed by atoms with Crippen LogP contribution in [0.4, 0.5) is 4.79 Å². The number of likely N-dealkylation sites (tertiary alicyclic amines) is 1. The lowest BCUT2D eigenvalue weighted by atomic mass is 10.2. The summed E-state index contributed by atoms with van der Waals surface area (Å²) in [5.74, 6) is -0.00189. The summed E-state index contributed by atoms with van der Waals surface area (Å²) >= 11 is 0. The van der Waals surface area contributed by atoms with E-state index in [-0.39, 0.29) is 18.2 Å². The molecule has 1 aliphatic rings. The van der Waals surface area contributed by atoms with Crippen LogP contribution in [0.25, 0.3) is 0 Å². The Labute approximate surface area is 109 Å². The predicted octanol–water partition coefficient (Wildman–Crippen LogP) is 2.26. The van der Waals surface area contributed by atoms with Crippen LogP contribution in [0.5, 0.6) is 0 Å². The minimum atomic E-state index is -0.502. The Bertz CT molecular complexity index is 310. The molecule has 104 valence electrons. The highest BCUT2D eigenvalue weighted by Gasteiger charge is 2.32. The maximum atomic E-state index is 12.0. The number of ether oxygens (including phenoxy) is 1. The van der Waals surface area contributed by atoms with E-state index in [0.717, 1.165) is 19.3 Å². The van der Waals surface area contributed by atoms with Crippen molar-refractivity contribution in [3.63, 3.8) is 0 Å². The Balaban J connectivity index is 2.54. The highest BCUT2D eigenvalue weighted by molar-refractivity contribution is 5.77. The standard InChI is InChI=1S/C13H24N2O3/c1-5-7-11(16)14-10-8-6-9-15(10)12(17)18-13(2,3)4/h10H,5-9H2,1-4H3,(H,14,16). The molecule has 1 saturated heterocycles. The van der Waals surface area contributed by atoms with Crippen molar-refractivity contribution in [2.45, 2.75) is 65.1 Å². The number of hydrogen-bond acceptors (Lipinski definition) is 3. The van der Waals surface area contributed by atoms with Gasteiger partial charge >= 0.3 is 6.09 Å². The average Bonchev–Trinajstić information content (AvgIpc) is 2.63. The van der Waals surface area contributed by atoms with E-state index in [2.05, 4.69) is 5.32 Å². The van der Waals surface area contributed by atoms with E-state index in [1.54, 1.807) is 4.90 Å². The van der Waals surface area contributed by atoms with Crippen LogP contribution in [0.3, 0.4) is 0 Å². The maximum Gasteiger partial charge on any atom is 0.411 e. The lowest BCUT2D eigenvalue weighted by molar-refractivity contribution is -0.122. The van der Waals surface area contributed by atoms with Crippen LogP contribution in [0.2, 0.25) is 0 Å². The molecule has 1 heterocycles. The molecule has 0 radical (unpaired) electrons. The van der Waals surface area contributed by atoms with Crippen molar-refractivity contribution in [3.8, 4) is 0 Å². The molecule has 0 aromatic carbocycles. The lowest BCUT2D eigenvalue weighted by Crippen LogP contribution is -2.48. The summed E-state index contributed by atoms with van der Waals surface area (Å²) in [6.07, 6.45) is 2.45. The summed E-state index contributed by atoms with van der Waals surface area (Å²) in [7, 11) is 0. The fourth-order valence-electron chi connectivity index (χ4n) is 1.94. The molecule has 0 bridgehead atoms. The molecule has 1 aliphatic heterocycles. The van der Waals surface area contributed by atoms with Crippen LogP contribution in [0.15, 0.2) is 0 Å². The average molecular weight is 256 g/mol. The zero-order valence-electron chi connectivity index (χ0n) is 11.8. The van der Waals surface area contributed by atoms with Crippen molar-refractivity contribution in [2.24, 2.45) is 0 Å². The third kappa shape index (κ3) is 4.55. The zero-order chi connectivity index (χ0) is 13.8. The quantitative estimate of drug-likeness (QED) is 0.842. The molecule has 18 heavy (non-hydrogen) atoms. The van der Waals surface area contributed by atoms with Gasteiger partial charge in [0, 0.05) is 13.0 Å². The van der Waals surface area contributed by atoms with Gasteiger partial charge in [0.25, 0.3) is 0 Å². The Hall–Kier alpha value is -1.26. The van der Waals surface area contributed by atoms with E-state index >= 15 is 0 Å². The third-order valence-electron chi connectivity index (χ3n) is 2.69. The fourth-order valence-corrected chi connectivity index (χ4v) is 1.94. The summed E-state index contributed by atoms with van der Waals surface area (Å²) in [5, 5.41) is 2.88. The number of carbonyl (C=O) groups excluding carboxylic acids is 2. The number of amides is 2. The van der Waals surface area contributed by atoms with Crippen LogP contribution < -0.4 is 5.32 Å². The molecule has 0 spiro atoms. The molecule has 0 aromatic heterocycles. The first kappa shape index (κ1) is 14.8. The molecule has 0 saturated carbocycles. The van der Waals surface area contributed by atoms with Crippen molar-refractivity contribution >= 4 is 12.0 Å². The molecule has 0 aromatic rings. The lowest BCUT2D eigenvalue weighted by Gasteiger charge is -2.28. The molecule has 1 atom stereocenters. The molecular weight excluding hydrogens is 232 g/mol. The number of hydrogen-bond donors (Lipinski definition) is 1. The van der Waals surface area contributed by atoms with Gasteiger partial charge in [0.1, 0.15) is 11.8 Å². The van der Waals surface area contributed by atoms with E-state index < -0.39 is 5.60 Å². The van der Waals surface area contributed by atoms with E-state index in [9.17, 15) is 9.59 Å². The van der Waals surface area contributed by atoms with Gasteiger partial charge in [-0.15, -0.1) is 0 Å². The topological polar surface area (TPSA) is 58.6 Å². The van der Waals surface area contributed by atoms with E-state index in [1.165, 1.54) is 0 Å². The molecule has 5 heteroatoms. The number of rotatable bonds is 3. The molecule has 1 unspecified atom stereocenters. The first-order chi connectivity index (χ1) is 8.33. The van der Waals surface area contributed by atoms with E-state index in [1.807, 2.05) is 27.7 Å². The number of nitrogens with zero attached hydrogens (tertiary/aromatic N) is 1. The largest absolute Gasteiger partial charge is 0.444 e. The van der Waals surface area contributed by atoms with Gasteiger partial charge in [-0.3, -0.25) is 9.69 Å². The van der Waals surface area contributed by atoms with Crippen LogP contribution in [-0.4, -0.2) is 35.2 Å². The Kier molecular flexibility index (Phi) is 4.99. The van der Waals surface area contributed by atoms with Crippen LogP contribution >= 0.6 is 0 Å². The normalized spacial score (nSPS) is 19.8. The molecule has 1 fully saturated rings. The van der Waals surface area contributed by atoms with Gasteiger partial charge in [0.05, 0.1) is 0 Å². The summed E-state index contributed by atoms with van der Waals surface area (Å²) in [5.41, 5.74) is -0.502. The SMILES string of the molecule is CCCC(=O)NC1CCCN1C(=O)OC(C)(C)C. The van der Waals surface area contributed by atoms with E-state index in [0.29, 0.717) is 13.0 Å². The summed E-state index contributed by atoms with van der Waals surface area (Å²) in [6, 6.07) is 0. The summed E-state index contributed by atoms with van der Waals surface area (Å²) in [4.78, 5) is 25.1. The first-order valence-electron chi connectivity index (χ1n) is 6.62. The minimum Gasteiger partial charge on any atom is -0.444 e. The van der Waals surface area contributed by atoms with Crippen molar-refractivity contribution in [3.05, 3.63) is 0 Å². The second-order valence-electron chi connectivity index (χ2n) is 5.65. The van der Waals surface area contributed by atoms with Gasteiger partial charge < -0.3 is 10.1 Å². The molecule has 1 rings (SSSR count). The van der Waals surface area contributed by atoms with Crippen LogP contribution in [0, 0.1) is 0 Å². The highest BCUT2D eigenvalue weighted by atomic mass is 16.6. The Morgan fingerprint density at radius 2 is 2.06 bits per heavy atom. The molecular formula is C13H24N2O3. The molecule has 1 N–H and O–H groups in total. The van der Waals surface area contributed by atoms with Gasteiger partial charge in [0.2, 0.25) is 5.91 Å². The van der Waals surface area contributed by atoms with E-state index in [4.69, 9.17) is 4.74 Å². The predicted molar refractivity (Wildman–Crippen MR) is 69.0 cm³/mol. The summed E-state index contributed by atoms with van der Waals surface area (Å²) < 4.78 is 5.33. The van der Waals surface area contributed by atoms with Crippen LogP contribution in [-0.2, 0) is 9.53 Å². The third-order valence-corrected chi connectivity index (χ3v) is 2.69. The molecule has 5 nitrogen and oxygen atoms in total. The van der Waals surface area contributed by atoms with Gasteiger partial charge in [-0.05, 0) is 40.0 Å². The molecule has 0 aliphatic carbocycles. The van der Waals surface area contributed by atoms with Gasteiger partial charge in [-0.1, -0.05) is 6.92 Å². The second-order valence-corrected chi connectivity index (χ2v) is 5.65. The summed E-state index contributed by atoms with van der Waals surface area (Å²) in [6.45, 7) is 8.12. The van der Waals surface area contributed by atoms with Crippen molar-refractivity contribution in [2.75, 3.05) is 6.54 Å². The van der Waals surface area contributed by atoms with Crippen molar-refractivity contribution in [1.82, 2.24) is 10.2 Å². The van der Waals surface area contributed by atoms with Gasteiger partial charge in [0.15, 0.2) is 0 Å². The fraction of sp³-hybridized carbons (Fsp3) is 0.846. The minimum absolute atomic E-state index is 0.00189. The van der Waals surface area contributed by atoms with Gasteiger partial charge in [-0.25, -0.2) is 4.79 Å². The monoisotopic (exact) mass is 256 g/mol. The van der Waals surface area contributed by atoms with Gasteiger partial charge in [-0.2, -0.15) is 0 Å². The molecule has 2 amide bonds. The number of carbonyl (C=O) groups is 2.